The predicted octanol–water partition coefficient (Wildman–Crippen LogP) is 2.42. The van der Waals surface area contributed by atoms with Crippen LogP contribution in [0.2, 0.25) is 0 Å². The third-order valence-electron chi connectivity index (χ3n) is 10.3. The van der Waals surface area contributed by atoms with Gasteiger partial charge in [0.15, 0.2) is 6.10 Å². The standard InChI is InChI=1S/C24H40O6/c1-12(8-19(28)22(29)30)16-11-18(27)21-20-15(5-7-24(16,21)3)23(2)6-4-14(25)9-13(23)10-17(20)26/h12-21,25-28H,4-11H2,1-3H3,(H,29,30)/t12-,13+,14-,15?,16?,17-,18+,19-,20?,21+,23+,24-/m1/s1. The summed E-state index contributed by atoms with van der Waals surface area (Å²) in [5.74, 6) is -0.315. The molecule has 0 radical (unpaired) electrons. The van der Waals surface area contributed by atoms with Crippen molar-refractivity contribution < 1.29 is 30.3 Å². The van der Waals surface area contributed by atoms with Crippen molar-refractivity contribution in [1.29, 1.82) is 0 Å². The van der Waals surface area contributed by atoms with Crippen molar-refractivity contribution in [1.82, 2.24) is 0 Å². The largest absolute Gasteiger partial charge is 0.479 e. The number of carboxylic acids is 1. The van der Waals surface area contributed by atoms with E-state index in [0.29, 0.717) is 24.7 Å². The third kappa shape index (κ3) is 3.33. The summed E-state index contributed by atoms with van der Waals surface area (Å²) in [4.78, 5) is 11.1. The van der Waals surface area contributed by atoms with E-state index in [1.807, 2.05) is 6.92 Å². The average molecular weight is 425 g/mol. The minimum Gasteiger partial charge on any atom is -0.479 e. The molecule has 172 valence electrons. The van der Waals surface area contributed by atoms with Gasteiger partial charge in [-0.05, 0) is 97.7 Å². The lowest BCUT2D eigenvalue weighted by Crippen LogP contribution is -2.60. The Labute approximate surface area is 179 Å². The number of carbonyl (C=O) groups is 1. The molecule has 5 N–H and O–H groups in total. The predicted molar refractivity (Wildman–Crippen MR) is 111 cm³/mol. The first-order chi connectivity index (χ1) is 14.0. The second-order valence-corrected chi connectivity index (χ2v) is 11.7. The van der Waals surface area contributed by atoms with Crippen LogP contribution >= 0.6 is 0 Å². The molecule has 4 aliphatic rings. The summed E-state index contributed by atoms with van der Waals surface area (Å²) in [5.41, 5.74) is -0.0516. The van der Waals surface area contributed by atoms with Gasteiger partial charge < -0.3 is 25.5 Å². The summed E-state index contributed by atoms with van der Waals surface area (Å²) < 4.78 is 0. The second-order valence-electron chi connectivity index (χ2n) is 11.7. The summed E-state index contributed by atoms with van der Waals surface area (Å²) in [7, 11) is 0. The van der Waals surface area contributed by atoms with Gasteiger partial charge in [-0.2, -0.15) is 0 Å². The fourth-order valence-electron chi connectivity index (χ4n) is 8.80. The zero-order valence-corrected chi connectivity index (χ0v) is 18.6. The van der Waals surface area contributed by atoms with Crippen LogP contribution in [0.5, 0.6) is 0 Å². The van der Waals surface area contributed by atoms with E-state index in [2.05, 4.69) is 13.8 Å². The molecule has 6 nitrogen and oxygen atoms in total. The van der Waals surface area contributed by atoms with Gasteiger partial charge in [-0.1, -0.05) is 20.8 Å². The molecule has 3 unspecified atom stereocenters. The fourth-order valence-corrected chi connectivity index (χ4v) is 8.80. The van der Waals surface area contributed by atoms with E-state index in [4.69, 9.17) is 5.11 Å². The van der Waals surface area contributed by atoms with Crippen molar-refractivity contribution in [2.75, 3.05) is 0 Å². The molecule has 4 saturated carbocycles. The SMILES string of the molecule is C[C@H](C[C@@H](O)C(=O)O)C1C[C@H](O)[C@H]2C3C(CC[C@]12C)[C@@]1(C)CC[C@@H](O)C[C@H]1C[C@H]3O. The summed E-state index contributed by atoms with van der Waals surface area (Å²) in [6.07, 6.45) is 3.47. The maximum Gasteiger partial charge on any atom is 0.332 e. The van der Waals surface area contributed by atoms with E-state index in [1.165, 1.54) is 0 Å². The van der Waals surface area contributed by atoms with E-state index in [1.54, 1.807) is 0 Å². The molecule has 0 spiro atoms. The van der Waals surface area contributed by atoms with Crippen LogP contribution in [0.15, 0.2) is 0 Å². The normalized spacial score (nSPS) is 52.6. The Morgan fingerprint density at radius 1 is 1.00 bits per heavy atom. The molecule has 0 amide bonds. The maximum atomic E-state index is 11.3. The molecular weight excluding hydrogens is 384 g/mol. The van der Waals surface area contributed by atoms with Gasteiger partial charge in [0.05, 0.1) is 18.3 Å². The van der Waals surface area contributed by atoms with Crippen LogP contribution in [0.25, 0.3) is 0 Å². The first-order valence-corrected chi connectivity index (χ1v) is 11.9. The molecule has 6 heteroatoms. The Morgan fingerprint density at radius 2 is 1.67 bits per heavy atom. The minimum atomic E-state index is -1.37. The quantitative estimate of drug-likeness (QED) is 0.473. The van der Waals surface area contributed by atoms with Crippen molar-refractivity contribution in [2.24, 2.45) is 46.3 Å². The van der Waals surface area contributed by atoms with Gasteiger partial charge in [0, 0.05) is 0 Å². The number of hydrogen-bond donors (Lipinski definition) is 5. The summed E-state index contributed by atoms with van der Waals surface area (Å²) in [6.45, 7) is 6.57. The van der Waals surface area contributed by atoms with Crippen LogP contribution in [0, 0.1) is 46.3 Å². The molecular formula is C24H40O6. The van der Waals surface area contributed by atoms with Crippen molar-refractivity contribution in [2.45, 2.75) is 96.6 Å². The molecule has 4 fully saturated rings. The Bertz CT molecular complexity index is 668. The number of fused-ring (bicyclic) bond motifs is 5. The van der Waals surface area contributed by atoms with E-state index in [9.17, 15) is 25.2 Å². The number of rotatable bonds is 4. The highest BCUT2D eigenvalue weighted by Crippen LogP contribution is 2.68. The van der Waals surface area contributed by atoms with Crippen molar-refractivity contribution in [3.8, 4) is 0 Å². The van der Waals surface area contributed by atoms with Crippen molar-refractivity contribution in [3.63, 3.8) is 0 Å². The number of aliphatic carboxylic acids is 1. The van der Waals surface area contributed by atoms with Gasteiger partial charge >= 0.3 is 5.97 Å². The van der Waals surface area contributed by atoms with E-state index in [-0.39, 0.29) is 47.0 Å². The molecule has 0 bridgehead atoms. The second kappa shape index (κ2) is 7.72. The molecule has 0 aromatic carbocycles. The van der Waals surface area contributed by atoms with Gasteiger partial charge in [-0.3, -0.25) is 0 Å². The minimum absolute atomic E-state index is 0.00490. The lowest BCUT2D eigenvalue weighted by atomic mass is 9.43. The molecule has 12 atom stereocenters. The highest BCUT2D eigenvalue weighted by Gasteiger charge is 2.65. The van der Waals surface area contributed by atoms with Gasteiger partial charge in [0.2, 0.25) is 0 Å². The van der Waals surface area contributed by atoms with Gasteiger partial charge in [0.25, 0.3) is 0 Å². The monoisotopic (exact) mass is 424 g/mol. The van der Waals surface area contributed by atoms with E-state index >= 15 is 0 Å². The zero-order chi connectivity index (χ0) is 22.0. The Balaban J connectivity index is 1.60. The first kappa shape index (κ1) is 22.5. The Kier molecular flexibility index (Phi) is 5.79. The lowest BCUT2D eigenvalue weighted by molar-refractivity contribution is -0.185. The molecule has 0 saturated heterocycles. The molecule has 0 aromatic heterocycles. The first-order valence-electron chi connectivity index (χ1n) is 11.9. The lowest BCUT2D eigenvalue weighted by Gasteiger charge is -2.62. The summed E-state index contributed by atoms with van der Waals surface area (Å²) in [6, 6.07) is 0. The number of aliphatic hydroxyl groups excluding tert-OH is 4. The Hall–Kier alpha value is -0.690. The highest BCUT2D eigenvalue weighted by molar-refractivity contribution is 5.71. The number of carboxylic acid groups (broad SMARTS) is 1. The number of hydrogen-bond acceptors (Lipinski definition) is 5. The van der Waals surface area contributed by atoms with E-state index in [0.717, 1.165) is 32.1 Å². The maximum absolute atomic E-state index is 11.3. The highest BCUT2D eigenvalue weighted by atomic mass is 16.4. The van der Waals surface area contributed by atoms with Gasteiger partial charge in [-0.25, -0.2) is 4.79 Å². The third-order valence-corrected chi connectivity index (χ3v) is 10.3. The molecule has 30 heavy (non-hydrogen) atoms. The Morgan fingerprint density at radius 3 is 2.33 bits per heavy atom. The molecule has 0 aromatic rings. The topological polar surface area (TPSA) is 118 Å². The van der Waals surface area contributed by atoms with Crippen LogP contribution in [0.1, 0.15) is 72.1 Å². The smallest absolute Gasteiger partial charge is 0.332 e. The summed E-state index contributed by atoms with van der Waals surface area (Å²) in [5, 5.41) is 51.7. The van der Waals surface area contributed by atoms with Crippen LogP contribution in [-0.4, -0.2) is 55.9 Å². The molecule has 0 heterocycles. The molecule has 4 rings (SSSR count). The van der Waals surface area contributed by atoms with Crippen LogP contribution < -0.4 is 0 Å². The zero-order valence-electron chi connectivity index (χ0n) is 18.6. The number of aliphatic hydroxyl groups is 4. The molecule has 4 aliphatic carbocycles. The van der Waals surface area contributed by atoms with Gasteiger partial charge in [0.1, 0.15) is 0 Å². The van der Waals surface area contributed by atoms with Crippen molar-refractivity contribution >= 4 is 5.97 Å². The summed E-state index contributed by atoms with van der Waals surface area (Å²) >= 11 is 0. The van der Waals surface area contributed by atoms with Crippen LogP contribution in [0.4, 0.5) is 0 Å². The van der Waals surface area contributed by atoms with Crippen LogP contribution in [-0.2, 0) is 4.79 Å². The van der Waals surface area contributed by atoms with Crippen LogP contribution in [0.3, 0.4) is 0 Å². The van der Waals surface area contributed by atoms with E-state index < -0.39 is 24.3 Å². The average Bonchev–Trinajstić information content (AvgIpc) is 2.94. The van der Waals surface area contributed by atoms with Crippen molar-refractivity contribution in [3.05, 3.63) is 0 Å². The fraction of sp³-hybridized carbons (Fsp3) is 0.958. The van der Waals surface area contributed by atoms with Gasteiger partial charge in [-0.15, -0.1) is 0 Å². The molecule has 0 aliphatic heterocycles.